The zero-order valence-corrected chi connectivity index (χ0v) is 10.9. The van der Waals surface area contributed by atoms with Crippen molar-refractivity contribution in [2.24, 2.45) is 5.10 Å². The molecule has 0 spiro atoms. The molecule has 0 fully saturated rings. The number of nitrogens with one attached hydrogen (secondary N) is 1. The number of aromatic nitrogens is 2. The molecule has 4 nitrogen and oxygen atoms in total. The van der Waals surface area contributed by atoms with Crippen molar-refractivity contribution in [3.05, 3.63) is 39.6 Å². The Morgan fingerprint density at radius 3 is 2.65 bits per heavy atom. The molecule has 0 aliphatic rings. The molecule has 9 heteroatoms. The quantitative estimate of drug-likeness (QED) is 0.537. The lowest BCUT2D eigenvalue weighted by atomic mass is 10.3. The van der Waals surface area contributed by atoms with Crippen LogP contribution in [-0.4, -0.2) is 16.2 Å². The van der Waals surface area contributed by atoms with E-state index >= 15 is 0 Å². The van der Waals surface area contributed by atoms with Gasteiger partial charge in [-0.05, 0) is 25.1 Å². The summed E-state index contributed by atoms with van der Waals surface area (Å²) >= 11 is 0.857. The maximum Gasteiger partial charge on any atom is 0.433 e. The fraction of sp³-hybridized carbons (Fsp3) is 0.182. The normalized spacial score (nSPS) is 12.1. The molecule has 2 rings (SSSR count). The lowest BCUT2D eigenvalue weighted by Crippen LogP contribution is -2.11. The number of hydrogen-bond acceptors (Lipinski definition) is 5. The van der Waals surface area contributed by atoms with Crippen molar-refractivity contribution in [1.82, 2.24) is 9.97 Å². The van der Waals surface area contributed by atoms with E-state index in [0.717, 1.165) is 17.4 Å². The molecule has 0 saturated heterocycles. The Kier molecular flexibility index (Phi) is 3.98. The van der Waals surface area contributed by atoms with Gasteiger partial charge in [0.1, 0.15) is 5.69 Å². The molecule has 0 aromatic carbocycles. The molecule has 0 bridgehead atoms. The molecule has 0 saturated carbocycles. The van der Waals surface area contributed by atoms with E-state index in [1.807, 2.05) is 0 Å². The van der Waals surface area contributed by atoms with Gasteiger partial charge >= 0.3 is 6.18 Å². The first-order valence-electron chi connectivity index (χ1n) is 5.32. The van der Waals surface area contributed by atoms with Crippen molar-refractivity contribution in [3.8, 4) is 0 Å². The lowest BCUT2D eigenvalue weighted by Gasteiger charge is -2.07. The highest BCUT2D eigenvalue weighted by atomic mass is 32.1. The van der Waals surface area contributed by atoms with E-state index in [1.165, 1.54) is 25.3 Å². The molecule has 0 atom stereocenters. The van der Waals surface area contributed by atoms with Gasteiger partial charge in [-0.1, -0.05) is 0 Å². The summed E-state index contributed by atoms with van der Waals surface area (Å²) in [7, 11) is 0. The van der Waals surface area contributed by atoms with Crippen LogP contribution in [0.15, 0.2) is 23.3 Å². The van der Waals surface area contributed by atoms with Crippen molar-refractivity contribution in [3.63, 3.8) is 0 Å². The van der Waals surface area contributed by atoms with Crippen LogP contribution in [0, 0.1) is 12.1 Å². The summed E-state index contributed by atoms with van der Waals surface area (Å²) in [6.07, 6.45) is -3.28. The van der Waals surface area contributed by atoms with Gasteiger partial charge in [0.05, 0.1) is 11.1 Å². The fourth-order valence-corrected chi connectivity index (χ4v) is 1.92. The zero-order chi connectivity index (χ0) is 14.8. The van der Waals surface area contributed by atoms with E-state index in [0.29, 0.717) is 4.88 Å². The molecule has 2 heterocycles. The molecule has 0 aliphatic carbocycles. The van der Waals surface area contributed by atoms with Crippen molar-refractivity contribution in [2.75, 3.05) is 5.43 Å². The highest BCUT2D eigenvalue weighted by Gasteiger charge is 2.33. The standard InChI is InChI=1S/C11H8F4N4S/c1-6-4-8(11(13,14)15)18-10(17-6)19-16-5-7-2-3-9(12)20-7/h2-5H,1H3,(H,17,18,19)/b16-5-. The highest BCUT2D eigenvalue weighted by molar-refractivity contribution is 7.12. The third kappa shape index (κ3) is 3.73. The van der Waals surface area contributed by atoms with Gasteiger partial charge in [0.15, 0.2) is 5.13 Å². The van der Waals surface area contributed by atoms with Crippen LogP contribution >= 0.6 is 11.3 Å². The average molecular weight is 304 g/mol. The van der Waals surface area contributed by atoms with Gasteiger partial charge in [-0.2, -0.15) is 22.7 Å². The minimum atomic E-state index is -4.55. The smallest absolute Gasteiger partial charge is 0.245 e. The van der Waals surface area contributed by atoms with E-state index in [9.17, 15) is 17.6 Å². The highest BCUT2D eigenvalue weighted by Crippen LogP contribution is 2.28. The minimum absolute atomic E-state index is 0.159. The number of anilines is 1. The Labute approximate surface area is 115 Å². The zero-order valence-electron chi connectivity index (χ0n) is 10.1. The van der Waals surface area contributed by atoms with Crippen molar-refractivity contribution < 1.29 is 17.6 Å². The van der Waals surface area contributed by atoms with Crippen molar-refractivity contribution in [2.45, 2.75) is 13.1 Å². The third-order valence-electron chi connectivity index (χ3n) is 2.09. The maximum atomic E-state index is 12.7. The fourth-order valence-electron chi connectivity index (χ4n) is 1.32. The Morgan fingerprint density at radius 1 is 1.30 bits per heavy atom. The van der Waals surface area contributed by atoms with Crippen molar-refractivity contribution >= 4 is 23.5 Å². The first kappa shape index (κ1) is 14.4. The van der Waals surface area contributed by atoms with Crippen LogP contribution < -0.4 is 5.43 Å². The van der Waals surface area contributed by atoms with Gasteiger partial charge in [0, 0.05) is 5.69 Å². The Balaban J connectivity index is 2.13. The number of nitrogens with zero attached hydrogens (tertiary/aromatic N) is 3. The molecule has 0 unspecified atom stereocenters. The molecule has 2 aromatic rings. The number of hydrogen-bond donors (Lipinski definition) is 1. The molecule has 0 amide bonds. The number of rotatable bonds is 3. The van der Waals surface area contributed by atoms with E-state index in [1.54, 1.807) is 0 Å². The summed E-state index contributed by atoms with van der Waals surface area (Å²) < 4.78 is 50.3. The number of aryl methyl sites for hydroxylation is 1. The summed E-state index contributed by atoms with van der Waals surface area (Å²) in [4.78, 5) is 7.60. The van der Waals surface area contributed by atoms with Crippen LogP contribution in [-0.2, 0) is 6.18 Å². The van der Waals surface area contributed by atoms with Crippen LogP contribution in [0.5, 0.6) is 0 Å². The van der Waals surface area contributed by atoms with Crippen LogP contribution in [0.3, 0.4) is 0 Å². The summed E-state index contributed by atoms with van der Waals surface area (Å²) in [6, 6.07) is 3.59. The first-order valence-corrected chi connectivity index (χ1v) is 6.13. The van der Waals surface area contributed by atoms with E-state index in [2.05, 4.69) is 20.5 Å². The topological polar surface area (TPSA) is 50.2 Å². The van der Waals surface area contributed by atoms with Crippen LogP contribution in [0.4, 0.5) is 23.5 Å². The molecule has 1 N–H and O–H groups in total. The van der Waals surface area contributed by atoms with Crippen LogP contribution in [0.25, 0.3) is 0 Å². The molecule has 0 aliphatic heterocycles. The van der Waals surface area contributed by atoms with Gasteiger partial charge in [0.25, 0.3) is 0 Å². The van der Waals surface area contributed by atoms with Gasteiger partial charge in [-0.15, -0.1) is 11.3 Å². The number of hydrazone groups is 1. The monoisotopic (exact) mass is 304 g/mol. The number of halogens is 4. The molecule has 20 heavy (non-hydrogen) atoms. The summed E-state index contributed by atoms with van der Waals surface area (Å²) in [5.74, 6) is -0.273. The molecule has 0 radical (unpaired) electrons. The SMILES string of the molecule is Cc1cc(C(F)(F)F)nc(N/N=C\c2ccc(F)s2)n1. The second-order valence-electron chi connectivity index (χ2n) is 3.73. The molecular weight excluding hydrogens is 296 g/mol. The summed E-state index contributed by atoms with van der Waals surface area (Å²) in [5, 5.41) is 3.29. The van der Waals surface area contributed by atoms with E-state index in [-0.39, 0.29) is 16.8 Å². The largest absolute Gasteiger partial charge is 0.433 e. The lowest BCUT2D eigenvalue weighted by molar-refractivity contribution is -0.141. The second-order valence-corrected chi connectivity index (χ2v) is 4.79. The number of alkyl halides is 3. The second kappa shape index (κ2) is 5.53. The molecular formula is C11H8F4N4S. The van der Waals surface area contributed by atoms with Crippen LogP contribution in [0.1, 0.15) is 16.3 Å². The number of thiophene rings is 1. The summed E-state index contributed by atoms with van der Waals surface area (Å²) in [5.41, 5.74) is 1.40. The molecule has 106 valence electrons. The Bertz CT molecular complexity index is 636. The third-order valence-corrected chi connectivity index (χ3v) is 2.90. The Hall–Kier alpha value is -2.03. The van der Waals surface area contributed by atoms with Gasteiger partial charge in [-0.3, -0.25) is 0 Å². The predicted molar refractivity (Wildman–Crippen MR) is 67.3 cm³/mol. The van der Waals surface area contributed by atoms with Crippen LogP contribution in [0.2, 0.25) is 0 Å². The maximum absolute atomic E-state index is 12.7. The van der Waals surface area contributed by atoms with E-state index < -0.39 is 11.9 Å². The van der Waals surface area contributed by atoms with Crippen molar-refractivity contribution in [1.29, 1.82) is 0 Å². The summed E-state index contributed by atoms with van der Waals surface area (Å²) in [6.45, 7) is 1.42. The van der Waals surface area contributed by atoms with Gasteiger partial charge in [-0.25, -0.2) is 15.4 Å². The first-order chi connectivity index (χ1) is 9.34. The minimum Gasteiger partial charge on any atom is -0.245 e. The van der Waals surface area contributed by atoms with Gasteiger partial charge < -0.3 is 0 Å². The predicted octanol–water partition coefficient (Wildman–Crippen LogP) is 3.45. The average Bonchev–Trinajstić information content (AvgIpc) is 2.73. The van der Waals surface area contributed by atoms with Gasteiger partial charge in [0.2, 0.25) is 5.95 Å². The van der Waals surface area contributed by atoms with E-state index in [4.69, 9.17) is 0 Å². The Morgan fingerprint density at radius 2 is 2.05 bits per heavy atom. The molecule has 2 aromatic heterocycles.